The fraction of sp³-hybridized carbons (Fsp3) is 0.556. The molecule has 132 valence electrons. The molecule has 24 heavy (non-hydrogen) atoms. The molecule has 6 nitrogen and oxygen atoms in total. The van der Waals surface area contributed by atoms with Crippen molar-refractivity contribution < 1.29 is 24.2 Å². The van der Waals surface area contributed by atoms with Crippen LogP contribution < -0.4 is 10.1 Å². The zero-order chi connectivity index (χ0) is 17.4. The van der Waals surface area contributed by atoms with Crippen molar-refractivity contribution in [2.24, 2.45) is 0 Å². The van der Waals surface area contributed by atoms with Crippen LogP contribution in [0.4, 0.5) is 0 Å². The minimum absolute atomic E-state index is 0.0552. The molecule has 2 atom stereocenters. The lowest BCUT2D eigenvalue weighted by Crippen LogP contribution is -2.26. The first kappa shape index (κ1) is 18.3. The van der Waals surface area contributed by atoms with E-state index in [0.717, 1.165) is 31.2 Å². The Morgan fingerprint density at radius 2 is 2.04 bits per heavy atom. The van der Waals surface area contributed by atoms with E-state index in [9.17, 15) is 9.59 Å². The number of aliphatic carboxylic acids is 1. The van der Waals surface area contributed by atoms with Gasteiger partial charge in [0.2, 0.25) is 5.91 Å². The van der Waals surface area contributed by atoms with Crippen molar-refractivity contribution in [2.75, 3.05) is 13.2 Å². The third kappa shape index (κ3) is 6.58. The monoisotopic (exact) mass is 335 g/mol. The van der Waals surface area contributed by atoms with Crippen molar-refractivity contribution in [3.8, 4) is 5.75 Å². The van der Waals surface area contributed by atoms with Crippen LogP contribution >= 0.6 is 0 Å². The molecule has 0 aliphatic carbocycles. The summed E-state index contributed by atoms with van der Waals surface area (Å²) in [5.74, 6) is -0.421. The number of ether oxygens (including phenoxy) is 2. The normalized spacial score (nSPS) is 19.9. The number of carboxylic acids is 1. The van der Waals surface area contributed by atoms with Gasteiger partial charge in [0, 0.05) is 13.0 Å². The average Bonchev–Trinajstić information content (AvgIpc) is 2.97. The van der Waals surface area contributed by atoms with Gasteiger partial charge in [0.05, 0.1) is 12.2 Å². The fourth-order valence-corrected chi connectivity index (χ4v) is 2.72. The molecule has 0 bridgehead atoms. The maximum atomic E-state index is 11.8. The first-order valence-electron chi connectivity index (χ1n) is 8.38. The number of hydrogen-bond donors (Lipinski definition) is 2. The van der Waals surface area contributed by atoms with E-state index in [1.54, 1.807) is 12.1 Å². The first-order valence-corrected chi connectivity index (χ1v) is 8.38. The van der Waals surface area contributed by atoms with E-state index in [1.165, 1.54) is 0 Å². The maximum Gasteiger partial charge on any atom is 0.341 e. The molecule has 0 radical (unpaired) electrons. The van der Waals surface area contributed by atoms with Gasteiger partial charge < -0.3 is 19.9 Å². The molecular formula is C18H25NO5. The van der Waals surface area contributed by atoms with Gasteiger partial charge in [-0.15, -0.1) is 0 Å². The van der Waals surface area contributed by atoms with Crippen LogP contribution in [0, 0.1) is 0 Å². The van der Waals surface area contributed by atoms with Gasteiger partial charge in [0.15, 0.2) is 6.61 Å². The molecule has 1 heterocycles. The number of amides is 1. The van der Waals surface area contributed by atoms with Gasteiger partial charge in [-0.1, -0.05) is 12.1 Å². The van der Waals surface area contributed by atoms with Gasteiger partial charge >= 0.3 is 5.97 Å². The lowest BCUT2D eigenvalue weighted by Gasteiger charge is -2.11. The Balaban J connectivity index is 1.60. The Kier molecular flexibility index (Phi) is 7.06. The number of nitrogens with one attached hydrogen (secondary N) is 1. The summed E-state index contributed by atoms with van der Waals surface area (Å²) in [5, 5.41) is 11.5. The third-order valence-electron chi connectivity index (χ3n) is 4.03. The highest BCUT2D eigenvalue weighted by atomic mass is 16.5. The van der Waals surface area contributed by atoms with Gasteiger partial charge in [0.1, 0.15) is 5.75 Å². The molecule has 1 aliphatic rings. The van der Waals surface area contributed by atoms with Crippen LogP contribution in [0.3, 0.4) is 0 Å². The van der Waals surface area contributed by atoms with Crippen LogP contribution in [0.1, 0.15) is 38.2 Å². The van der Waals surface area contributed by atoms with Gasteiger partial charge in [-0.25, -0.2) is 4.79 Å². The highest BCUT2D eigenvalue weighted by Gasteiger charge is 2.21. The molecule has 0 unspecified atom stereocenters. The molecule has 2 rings (SSSR count). The van der Waals surface area contributed by atoms with E-state index in [-0.39, 0.29) is 18.6 Å². The second-order valence-corrected chi connectivity index (χ2v) is 6.11. The predicted octanol–water partition coefficient (Wildman–Crippen LogP) is 2.16. The molecule has 0 saturated carbocycles. The van der Waals surface area contributed by atoms with Crippen LogP contribution in [0.2, 0.25) is 0 Å². The van der Waals surface area contributed by atoms with Crippen molar-refractivity contribution in [1.82, 2.24) is 5.32 Å². The fourth-order valence-electron chi connectivity index (χ4n) is 2.72. The highest BCUT2D eigenvalue weighted by Crippen LogP contribution is 2.22. The van der Waals surface area contributed by atoms with E-state index in [1.807, 2.05) is 12.1 Å². The number of benzene rings is 1. The van der Waals surface area contributed by atoms with Crippen LogP contribution in [0.25, 0.3) is 0 Å². The van der Waals surface area contributed by atoms with Crippen molar-refractivity contribution in [3.63, 3.8) is 0 Å². The summed E-state index contributed by atoms with van der Waals surface area (Å²) in [6.45, 7) is 2.30. The summed E-state index contributed by atoms with van der Waals surface area (Å²) < 4.78 is 10.8. The number of hydrogen-bond acceptors (Lipinski definition) is 4. The molecule has 1 aliphatic heterocycles. The molecule has 2 N–H and O–H groups in total. The summed E-state index contributed by atoms with van der Waals surface area (Å²) >= 11 is 0. The SMILES string of the molecule is C[C@@H]1CC[C@H](CCC(=O)NCCc2ccc(OCC(=O)O)cc2)O1. The Labute approximate surface area is 142 Å². The molecule has 0 spiro atoms. The number of carbonyl (C=O) groups excluding carboxylic acids is 1. The Morgan fingerprint density at radius 1 is 1.29 bits per heavy atom. The number of rotatable bonds is 9. The predicted molar refractivity (Wildman–Crippen MR) is 89.1 cm³/mol. The van der Waals surface area contributed by atoms with E-state index >= 15 is 0 Å². The van der Waals surface area contributed by atoms with Gasteiger partial charge in [-0.05, 0) is 50.3 Å². The first-order chi connectivity index (χ1) is 11.5. The van der Waals surface area contributed by atoms with Crippen molar-refractivity contribution in [2.45, 2.75) is 51.2 Å². The van der Waals surface area contributed by atoms with Gasteiger partial charge in [-0.2, -0.15) is 0 Å². The Bertz CT molecular complexity index is 543. The second-order valence-electron chi connectivity index (χ2n) is 6.11. The van der Waals surface area contributed by atoms with Crippen LogP contribution in [0.15, 0.2) is 24.3 Å². The molecule has 1 aromatic rings. The van der Waals surface area contributed by atoms with Gasteiger partial charge in [-0.3, -0.25) is 4.79 Å². The minimum atomic E-state index is -1.00. The van der Waals surface area contributed by atoms with E-state index < -0.39 is 5.97 Å². The molecule has 1 amide bonds. The summed E-state index contributed by atoms with van der Waals surface area (Å²) in [6.07, 6.45) is 4.68. The van der Waals surface area contributed by atoms with Crippen molar-refractivity contribution >= 4 is 11.9 Å². The van der Waals surface area contributed by atoms with Crippen molar-refractivity contribution in [3.05, 3.63) is 29.8 Å². The van der Waals surface area contributed by atoms with Crippen LogP contribution in [0.5, 0.6) is 5.75 Å². The summed E-state index contributed by atoms with van der Waals surface area (Å²) in [5.41, 5.74) is 1.06. The molecule has 1 aromatic carbocycles. The Morgan fingerprint density at radius 3 is 2.67 bits per heavy atom. The van der Waals surface area contributed by atoms with Crippen LogP contribution in [-0.4, -0.2) is 42.3 Å². The lowest BCUT2D eigenvalue weighted by molar-refractivity contribution is -0.139. The number of carbonyl (C=O) groups is 2. The Hall–Kier alpha value is -2.08. The summed E-state index contributed by atoms with van der Waals surface area (Å²) in [7, 11) is 0. The van der Waals surface area contributed by atoms with Crippen LogP contribution in [-0.2, 0) is 20.7 Å². The van der Waals surface area contributed by atoms with E-state index in [0.29, 0.717) is 24.8 Å². The smallest absolute Gasteiger partial charge is 0.341 e. The summed E-state index contributed by atoms with van der Waals surface area (Å²) in [6, 6.07) is 7.21. The second kappa shape index (κ2) is 9.27. The largest absolute Gasteiger partial charge is 0.482 e. The quantitative estimate of drug-likeness (QED) is 0.722. The zero-order valence-electron chi connectivity index (χ0n) is 14.0. The third-order valence-corrected chi connectivity index (χ3v) is 4.03. The highest BCUT2D eigenvalue weighted by molar-refractivity contribution is 5.75. The molecule has 1 fully saturated rings. The molecule has 6 heteroatoms. The molecule has 0 aromatic heterocycles. The standard InChI is InChI=1S/C18H25NO5/c1-13-2-5-16(24-13)8-9-17(20)19-11-10-14-3-6-15(7-4-14)23-12-18(21)22/h3-4,6-7,13,16H,2,5,8-12H2,1H3,(H,19,20)(H,21,22)/t13-,16-/m1/s1. The van der Waals surface area contributed by atoms with Crippen molar-refractivity contribution in [1.29, 1.82) is 0 Å². The number of carboxylic acid groups (broad SMARTS) is 1. The van der Waals surface area contributed by atoms with Gasteiger partial charge in [0.25, 0.3) is 0 Å². The topological polar surface area (TPSA) is 84.9 Å². The van der Waals surface area contributed by atoms with E-state index in [2.05, 4.69) is 12.2 Å². The zero-order valence-corrected chi connectivity index (χ0v) is 14.0. The van der Waals surface area contributed by atoms with E-state index in [4.69, 9.17) is 14.6 Å². The summed E-state index contributed by atoms with van der Waals surface area (Å²) in [4.78, 5) is 22.3. The average molecular weight is 335 g/mol. The lowest BCUT2D eigenvalue weighted by atomic mass is 10.1. The minimum Gasteiger partial charge on any atom is -0.482 e. The molecule has 1 saturated heterocycles. The maximum absolute atomic E-state index is 11.8. The molecular weight excluding hydrogens is 310 g/mol.